The van der Waals surface area contributed by atoms with Crippen molar-refractivity contribution >= 4 is 5.91 Å². The van der Waals surface area contributed by atoms with Crippen LogP contribution < -0.4 is 0 Å². The second kappa shape index (κ2) is 7.55. The maximum absolute atomic E-state index is 11.3. The van der Waals surface area contributed by atoms with Crippen LogP contribution in [0.5, 0.6) is 0 Å². The van der Waals surface area contributed by atoms with E-state index in [1.807, 2.05) is 12.1 Å². The Bertz CT molecular complexity index is 434. The highest BCUT2D eigenvalue weighted by Crippen LogP contribution is 2.03. The summed E-state index contributed by atoms with van der Waals surface area (Å²) in [5.41, 5.74) is 2.31. The van der Waals surface area contributed by atoms with E-state index in [9.17, 15) is 4.79 Å². The number of carbonyl (C=O) groups excluding carboxylic acids is 1. The third-order valence-corrected chi connectivity index (χ3v) is 2.73. The van der Waals surface area contributed by atoms with Crippen molar-refractivity contribution in [3.63, 3.8) is 0 Å². The summed E-state index contributed by atoms with van der Waals surface area (Å²) in [6.45, 7) is 2.07. The van der Waals surface area contributed by atoms with Crippen LogP contribution in [0.15, 0.2) is 24.3 Å². The van der Waals surface area contributed by atoms with Gasteiger partial charge in [-0.05, 0) is 31.9 Å². The first-order chi connectivity index (χ1) is 8.59. The molecule has 1 aromatic rings. The van der Waals surface area contributed by atoms with Crippen LogP contribution in [0.1, 0.15) is 36.8 Å². The minimum absolute atomic E-state index is 0.196. The van der Waals surface area contributed by atoms with Crippen LogP contribution >= 0.6 is 0 Å². The Kier molecular flexibility index (Phi) is 6.00. The van der Waals surface area contributed by atoms with Gasteiger partial charge in [-0.3, -0.25) is 4.79 Å². The molecule has 0 aliphatic carbocycles. The fourth-order valence-corrected chi connectivity index (χ4v) is 1.51. The largest absolute Gasteiger partial charge is 0.349 e. The molecule has 0 radical (unpaired) electrons. The third kappa shape index (κ3) is 5.54. The van der Waals surface area contributed by atoms with Gasteiger partial charge < -0.3 is 4.90 Å². The molecule has 0 saturated carbocycles. The summed E-state index contributed by atoms with van der Waals surface area (Å²) in [4.78, 5) is 13.0. The predicted octanol–water partition coefficient (Wildman–Crippen LogP) is 3.00. The van der Waals surface area contributed by atoms with Crippen molar-refractivity contribution in [2.45, 2.75) is 32.6 Å². The molecular weight excluding hydrogens is 222 g/mol. The van der Waals surface area contributed by atoms with Crippen molar-refractivity contribution in [1.82, 2.24) is 4.90 Å². The topological polar surface area (TPSA) is 20.3 Å². The molecule has 1 aromatic carbocycles. The van der Waals surface area contributed by atoms with Crippen molar-refractivity contribution in [2.24, 2.45) is 0 Å². The van der Waals surface area contributed by atoms with Gasteiger partial charge in [-0.1, -0.05) is 29.5 Å². The first-order valence-electron chi connectivity index (χ1n) is 6.35. The van der Waals surface area contributed by atoms with Gasteiger partial charge in [-0.15, -0.1) is 0 Å². The molecule has 0 atom stereocenters. The monoisotopic (exact) mass is 243 g/mol. The fourth-order valence-electron chi connectivity index (χ4n) is 1.51. The molecule has 1 amide bonds. The van der Waals surface area contributed by atoms with E-state index in [0.29, 0.717) is 6.42 Å². The lowest BCUT2D eigenvalue weighted by molar-refractivity contribution is -0.128. The average molecular weight is 243 g/mol. The lowest BCUT2D eigenvalue weighted by Gasteiger charge is -2.08. The number of hydrogen-bond donors (Lipinski definition) is 0. The van der Waals surface area contributed by atoms with E-state index in [1.54, 1.807) is 19.0 Å². The average Bonchev–Trinajstić information content (AvgIpc) is 2.35. The van der Waals surface area contributed by atoms with E-state index < -0.39 is 0 Å². The number of amides is 1. The summed E-state index contributed by atoms with van der Waals surface area (Å²) in [7, 11) is 3.58. The number of aryl methyl sites for hydroxylation is 1. The zero-order valence-corrected chi connectivity index (χ0v) is 11.5. The van der Waals surface area contributed by atoms with Gasteiger partial charge in [0.2, 0.25) is 5.91 Å². The molecule has 2 nitrogen and oxygen atoms in total. The summed E-state index contributed by atoms with van der Waals surface area (Å²) in [5.74, 6) is 6.48. The van der Waals surface area contributed by atoms with Crippen molar-refractivity contribution in [1.29, 1.82) is 0 Å². The summed E-state index contributed by atoms with van der Waals surface area (Å²) in [5, 5.41) is 0. The zero-order chi connectivity index (χ0) is 13.4. The molecule has 0 N–H and O–H groups in total. The number of rotatable bonds is 4. The smallest absolute Gasteiger partial charge is 0.222 e. The van der Waals surface area contributed by atoms with Crippen LogP contribution in [-0.2, 0) is 4.79 Å². The van der Waals surface area contributed by atoms with E-state index in [1.165, 1.54) is 5.56 Å². The molecule has 18 heavy (non-hydrogen) atoms. The van der Waals surface area contributed by atoms with E-state index >= 15 is 0 Å². The summed E-state index contributed by atoms with van der Waals surface area (Å²) >= 11 is 0. The molecule has 0 unspecified atom stereocenters. The van der Waals surface area contributed by atoms with Crippen LogP contribution in [0.25, 0.3) is 0 Å². The van der Waals surface area contributed by atoms with Gasteiger partial charge in [0, 0.05) is 32.5 Å². The van der Waals surface area contributed by atoms with Crippen LogP contribution in [-0.4, -0.2) is 24.9 Å². The molecule has 0 aromatic heterocycles. The van der Waals surface area contributed by atoms with Crippen molar-refractivity contribution < 1.29 is 4.79 Å². The first-order valence-corrected chi connectivity index (χ1v) is 6.35. The molecule has 0 aliphatic heterocycles. The lowest BCUT2D eigenvalue weighted by atomic mass is 10.1. The lowest BCUT2D eigenvalue weighted by Crippen LogP contribution is -2.20. The highest BCUT2D eigenvalue weighted by atomic mass is 16.2. The Balaban J connectivity index is 2.22. The van der Waals surface area contributed by atoms with E-state index in [2.05, 4.69) is 30.9 Å². The van der Waals surface area contributed by atoms with Gasteiger partial charge in [-0.25, -0.2) is 0 Å². The van der Waals surface area contributed by atoms with Gasteiger partial charge in [0.25, 0.3) is 0 Å². The second-order valence-corrected chi connectivity index (χ2v) is 4.66. The number of nitrogens with zero attached hydrogens (tertiary/aromatic N) is 1. The number of hydrogen-bond acceptors (Lipinski definition) is 1. The Morgan fingerprint density at radius 2 is 1.83 bits per heavy atom. The van der Waals surface area contributed by atoms with Crippen molar-refractivity contribution in [3.8, 4) is 11.8 Å². The fraction of sp³-hybridized carbons (Fsp3) is 0.438. The Morgan fingerprint density at radius 1 is 1.17 bits per heavy atom. The Labute approximate surface area is 110 Å². The molecular formula is C16H21NO. The standard InChI is InChI=1S/C16H21NO/c1-14-10-12-15(13-11-14)8-6-4-5-7-9-16(18)17(2)3/h10-13H,4-5,7,9H2,1-3H3. The summed E-state index contributed by atoms with van der Waals surface area (Å²) < 4.78 is 0. The van der Waals surface area contributed by atoms with Crippen LogP contribution in [0.4, 0.5) is 0 Å². The third-order valence-electron chi connectivity index (χ3n) is 2.73. The van der Waals surface area contributed by atoms with Gasteiger partial charge in [-0.2, -0.15) is 0 Å². The molecule has 0 spiro atoms. The van der Waals surface area contributed by atoms with Crippen molar-refractivity contribution in [3.05, 3.63) is 35.4 Å². The van der Waals surface area contributed by atoms with Crippen LogP contribution in [0, 0.1) is 18.8 Å². The molecule has 2 heteroatoms. The Morgan fingerprint density at radius 3 is 2.44 bits per heavy atom. The van der Waals surface area contributed by atoms with Crippen molar-refractivity contribution in [2.75, 3.05) is 14.1 Å². The SMILES string of the molecule is Cc1ccc(C#CCCCCC(=O)N(C)C)cc1. The zero-order valence-electron chi connectivity index (χ0n) is 11.5. The number of unbranched alkanes of at least 4 members (excludes halogenated alkanes) is 2. The highest BCUT2D eigenvalue weighted by molar-refractivity contribution is 5.75. The van der Waals surface area contributed by atoms with E-state index in [0.717, 1.165) is 24.8 Å². The highest BCUT2D eigenvalue weighted by Gasteiger charge is 2.01. The quantitative estimate of drug-likeness (QED) is 0.588. The normalized spacial score (nSPS) is 9.50. The maximum Gasteiger partial charge on any atom is 0.222 e. The predicted molar refractivity (Wildman–Crippen MR) is 75.2 cm³/mol. The maximum atomic E-state index is 11.3. The van der Waals surface area contributed by atoms with Gasteiger partial charge >= 0.3 is 0 Å². The Hall–Kier alpha value is -1.75. The van der Waals surface area contributed by atoms with E-state index in [4.69, 9.17) is 0 Å². The number of carbonyl (C=O) groups is 1. The first kappa shape index (κ1) is 14.3. The molecule has 0 bridgehead atoms. The number of benzene rings is 1. The van der Waals surface area contributed by atoms with Crippen LogP contribution in [0.2, 0.25) is 0 Å². The van der Waals surface area contributed by atoms with Crippen LogP contribution in [0.3, 0.4) is 0 Å². The molecule has 0 saturated heterocycles. The molecule has 0 fully saturated rings. The minimum atomic E-state index is 0.196. The summed E-state index contributed by atoms with van der Waals surface area (Å²) in [6, 6.07) is 8.22. The molecule has 96 valence electrons. The molecule has 0 heterocycles. The van der Waals surface area contributed by atoms with Gasteiger partial charge in [0.05, 0.1) is 0 Å². The minimum Gasteiger partial charge on any atom is -0.349 e. The second-order valence-electron chi connectivity index (χ2n) is 4.66. The van der Waals surface area contributed by atoms with Gasteiger partial charge in [0.15, 0.2) is 0 Å². The molecule has 1 rings (SSSR count). The van der Waals surface area contributed by atoms with Gasteiger partial charge in [0.1, 0.15) is 0 Å². The van der Waals surface area contributed by atoms with E-state index in [-0.39, 0.29) is 5.91 Å². The molecule has 0 aliphatic rings. The summed E-state index contributed by atoms with van der Waals surface area (Å²) in [6.07, 6.45) is 3.38.